The lowest BCUT2D eigenvalue weighted by atomic mass is 9.81. The van der Waals surface area contributed by atoms with E-state index in [0.29, 0.717) is 57.7 Å². The lowest BCUT2D eigenvalue weighted by Crippen LogP contribution is -2.51. The third kappa shape index (κ3) is 4.01. The van der Waals surface area contributed by atoms with Crippen molar-refractivity contribution in [2.24, 2.45) is 5.92 Å². The van der Waals surface area contributed by atoms with Crippen LogP contribution < -0.4 is 4.90 Å². The van der Waals surface area contributed by atoms with E-state index in [4.69, 9.17) is 6.57 Å². The Labute approximate surface area is 215 Å². The van der Waals surface area contributed by atoms with E-state index in [0.717, 1.165) is 34.3 Å². The van der Waals surface area contributed by atoms with Gasteiger partial charge in [0.2, 0.25) is 5.91 Å². The van der Waals surface area contributed by atoms with Crippen LogP contribution in [0.3, 0.4) is 0 Å². The van der Waals surface area contributed by atoms with Crippen LogP contribution in [0, 0.1) is 12.5 Å². The number of nitrogens with zero attached hydrogens (tertiary/aromatic N) is 5. The number of benzene rings is 1. The zero-order chi connectivity index (χ0) is 24.7. The minimum absolute atomic E-state index is 0.0172. The summed E-state index contributed by atoms with van der Waals surface area (Å²) in [6.45, 7) is 11.7. The number of piperazine rings is 1. The van der Waals surface area contributed by atoms with Gasteiger partial charge in [-0.3, -0.25) is 14.6 Å². The first-order valence-corrected chi connectivity index (χ1v) is 13.6. The summed E-state index contributed by atoms with van der Waals surface area (Å²) < 4.78 is 1.03. The normalized spacial score (nSPS) is 19.8. The molecule has 1 aliphatic carbocycles. The molecule has 0 unspecified atom stereocenters. The summed E-state index contributed by atoms with van der Waals surface area (Å²) in [4.78, 5) is 41.0. The molecule has 6 rings (SSSR count). The number of thiophene rings is 1. The Morgan fingerprint density at radius 2 is 1.67 bits per heavy atom. The van der Waals surface area contributed by atoms with Crippen LogP contribution in [-0.2, 0) is 10.3 Å². The van der Waals surface area contributed by atoms with Gasteiger partial charge in [0.15, 0.2) is 0 Å². The van der Waals surface area contributed by atoms with E-state index < -0.39 is 5.54 Å². The Bertz CT molecular complexity index is 1330. The highest BCUT2D eigenvalue weighted by molar-refractivity contribution is 7.17. The van der Waals surface area contributed by atoms with Crippen LogP contribution in [-0.4, -0.2) is 65.9 Å². The lowest BCUT2D eigenvalue weighted by molar-refractivity contribution is -0.134. The molecule has 1 saturated carbocycles. The molecule has 2 aliphatic heterocycles. The molecule has 1 aromatic carbocycles. The van der Waals surface area contributed by atoms with Gasteiger partial charge in [-0.25, -0.2) is 6.57 Å². The maximum absolute atomic E-state index is 13.8. The number of piperidine rings is 1. The lowest BCUT2D eigenvalue weighted by Gasteiger charge is -2.38. The summed E-state index contributed by atoms with van der Waals surface area (Å²) in [6.07, 6.45) is 5.16. The van der Waals surface area contributed by atoms with Gasteiger partial charge in [0, 0.05) is 69.8 Å². The van der Waals surface area contributed by atoms with Crippen molar-refractivity contribution in [2.45, 2.75) is 31.2 Å². The largest absolute Gasteiger partial charge is 0.369 e. The maximum Gasteiger partial charge on any atom is 0.260 e. The number of anilines is 1. The zero-order valence-electron chi connectivity index (χ0n) is 20.2. The average Bonchev–Trinajstić information content (AvgIpc) is 3.69. The molecular formula is C28H29N5O2S. The van der Waals surface area contributed by atoms with E-state index in [-0.39, 0.29) is 17.7 Å². The van der Waals surface area contributed by atoms with Crippen molar-refractivity contribution in [1.29, 1.82) is 0 Å². The van der Waals surface area contributed by atoms with Crippen LogP contribution in [0.25, 0.3) is 15.1 Å². The molecule has 3 aliphatic rings. The number of hydrogen-bond acceptors (Lipinski definition) is 5. The van der Waals surface area contributed by atoms with Crippen LogP contribution in [0.15, 0.2) is 48.0 Å². The fraction of sp³-hybridized carbons (Fsp3) is 0.429. The van der Waals surface area contributed by atoms with Gasteiger partial charge in [-0.2, -0.15) is 0 Å². The van der Waals surface area contributed by atoms with Gasteiger partial charge in [0.1, 0.15) is 0 Å². The van der Waals surface area contributed by atoms with E-state index in [2.05, 4.69) is 26.9 Å². The molecule has 184 valence electrons. The SMILES string of the molecule is [C-]#[N+]C1(c2ccccc2)CCN(c2c(C(=O)N3CCN(C(=O)C4CC4)CC3)cnc3ccsc23)CC1. The van der Waals surface area contributed by atoms with Crippen LogP contribution in [0.5, 0.6) is 0 Å². The summed E-state index contributed by atoms with van der Waals surface area (Å²) in [6, 6.07) is 12.1. The third-order valence-electron chi connectivity index (χ3n) is 7.91. The van der Waals surface area contributed by atoms with Gasteiger partial charge >= 0.3 is 0 Å². The molecule has 7 nitrogen and oxygen atoms in total. The standard InChI is InChI=1S/C28H29N5O2S/c1-29-28(21-5-3-2-4-6-21)10-12-31(13-11-28)24-22(19-30-23-9-18-36-25(23)24)27(35)33-16-14-32(15-17-33)26(34)20-7-8-20/h2-6,9,18-20H,7-8,10-17H2. The summed E-state index contributed by atoms with van der Waals surface area (Å²) in [5, 5.41) is 2.02. The van der Waals surface area contributed by atoms with Gasteiger partial charge in [0.05, 0.1) is 21.5 Å². The number of carbonyl (C=O) groups excluding carboxylic acids is 2. The molecule has 2 saturated heterocycles. The fourth-order valence-corrected chi connectivity index (χ4v) is 6.50. The van der Waals surface area contributed by atoms with Crippen LogP contribution in [0.2, 0.25) is 0 Å². The molecule has 2 aromatic heterocycles. The molecular weight excluding hydrogens is 470 g/mol. The first-order chi connectivity index (χ1) is 17.6. The Morgan fingerprint density at radius 3 is 2.33 bits per heavy atom. The number of pyridine rings is 1. The van der Waals surface area contributed by atoms with E-state index >= 15 is 0 Å². The van der Waals surface area contributed by atoms with E-state index in [1.807, 2.05) is 39.4 Å². The number of rotatable bonds is 4. The Kier molecular flexibility index (Phi) is 5.88. The quantitative estimate of drug-likeness (QED) is 0.499. The summed E-state index contributed by atoms with van der Waals surface area (Å²) >= 11 is 1.61. The first-order valence-electron chi connectivity index (χ1n) is 12.7. The number of aromatic nitrogens is 1. The highest BCUT2D eigenvalue weighted by Crippen LogP contribution is 2.42. The number of hydrogen-bond donors (Lipinski definition) is 0. The highest BCUT2D eigenvalue weighted by atomic mass is 32.1. The second-order valence-corrected chi connectivity index (χ2v) is 11.0. The third-order valence-corrected chi connectivity index (χ3v) is 8.83. The van der Waals surface area contributed by atoms with Crippen molar-refractivity contribution in [2.75, 3.05) is 44.2 Å². The van der Waals surface area contributed by atoms with Crippen molar-refractivity contribution in [3.63, 3.8) is 0 Å². The Balaban J connectivity index is 1.25. The predicted octanol–water partition coefficient (Wildman–Crippen LogP) is 4.41. The average molecular weight is 500 g/mol. The molecule has 2 amide bonds. The molecule has 0 bridgehead atoms. The van der Waals surface area contributed by atoms with E-state index in [1.165, 1.54) is 0 Å². The smallest absolute Gasteiger partial charge is 0.260 e. The highest BCUT2D eigenvalue weighted by Gasteiger charge is 2.43. The molecule has 36 heavy (non-hydrogen) atoms. The predicted molar refractivity (Wildman–Crippen MR) is 141 cm³/mol. The number of fused-ring (bicyclic) bond motifs is 1. The van der Waals surface area contributed by atoms with Crippen molar-refractivity contribution < 1.29 is 9.59 Å². The minimum Gasteiger partial charge on any atom is -0.369 e. The minimum atomic E-state index is -0.520. The van der Waals surface area contributed by atoms with Gasteiger partial charge < -0.3 is 19.5 Å². The number of carbonyl (C=O) groups is 2. The summed E-state index contributed by atoms with van der Waals surface area (Å²) in [7, 11) is 0. The van der Waals surface area contributed by atoms with E-state index in [9.17, 15) is 9.59 Å². The van der Waals surface area contributed by atoms with Crippen molar-refractivity contribution >= 4 is 39.1 Å². The van der Waals surface area contributed by atoms with Gasteiger partial charge in [-0.05, 0) is 24.3 Å². The molecule has 0 spiro atoms. The topological polar surface area (TPSA) is 61.1 Å². The van der Waals surface area contributed by atoms with Gasteiger partial charge in [-0.1, -0.05) is 30.3 Å². The molecule has 0 atom stereocenters. The second-order valence-electron chi connectivity index (χ2n) is 10.0. The van der Waals surface area contributed by atoms with Crippen LogP contribution >= 0.6 is 11.3 Å². The zero-order valence-corrected chi connectivity index (χ0v) is 21.0. The van der Waals surface area contributed by atoms with Crippen LogP contribution in [0.4, 0.5) is 5.69 Å². The van der Waals surface area contributed by atoms with Gasteiger partial charge in [-0.15, -0.1) is 11.3 Å². The Hall–Kier alpha value is -3.44. The maximum atomic E-state index is 13.8. The molecule has 4 heterocycles. The van der Waals surface area contributed by atoms with Gasteiger partial charge in [0.25, 0.3) is 11.4 Å². The number of amides is 2. The summed E-state index contributed by atoms with van der Waals surface area (Å²) in [5.41, 5.74) is 3.03. The van der Waals surface area contributed by atoms with E-state index in [1.54, 1.807) is 17.5 Å². The molecule has 0 N–H and O–H groups in total. The fourth-order valence-electron chi connectivity index (χ4n) is 5.57. The monoisotopic (exact) mass is 499 g/mol. The van der Waals surface area contributed by atoms with Crippen molar-refractivity contribution in [3.8, 4) is 0 Å². The van der Waals surface area contributed by atoms with Crippen molar-refractivity contribution in [3.05, 3.63) is 70.5 Å². The van der Waals surface area contributed by atoms with Crippen LogP contribution in [0.1, 0.15) is 41.6 Å². The Morgan fingerprint density at radius 1 is 0.972 bits per heavy atom. The van der Waals surface area contributed by atoms with Crippen molar-refractivity contribution in [1.82, 2.24) is 14.8 Å². The molecule has 3 aromatic rings. The second kappa shape index (κ2) is 9.21. The molecule has 8 heteroatoms. The molecule has 0 radical (unpaired) electrons. The first kappa shape index (κ1) is 23.0. The summed E-state index contributed by atoms with van der Waals surface area (Å²) in [5.74, 6) is 0.442. The molecule has 3 fully saturated rings.